The number of benzene rings is 17. The number of pyridine rings is 2. The fourth-order valence-electron chi connectivity index (χ4n) is 23.0. The van der Waals surface area contributed by atoms with Crippen molar-refractivity contribution in [2.24, 2.45) is 7.05 Å². The summed E-state index contributed by atoms with van der Waals surface area (Å²) in [6, 6.07) is 86.4. The summed E-state index contributed by atoms with van der Waals surface area (Å²) in [4.78, 5) is 101. The maximum Gasteiger partial charge on any atom is 0.338 e. The maximum absolute atomic E-state index is 15.3. The first-order chi connectivity index (χ1) is 71.4. The van der Waals surface area contributed by atoms with Gasteiger partial charge in [-0.05, 0) is 200 Å². The lowest BCUT2D eigenvalue weighted by molar-refractivity contribution is -0.688. The van der Waals surface area contributed by atoms with E-state index in [-0.39, 0.29) is 70.0 Å². The molecular weight excluding hydrogens is 1970 g/mol. The van der Waals surface area contributed by atoms with E-state index in [1.807, 2.05) is 261 Å². The van der Waals surface area contributed by atoms with Crippen LogP contribution in [0.15, 0.2) is 292 Å². The maximum atomic E-state index is 15.3. The number of carbonyl (C=O) groups excluding carboxylic acids is 3. The molecule has 1 N–H and O–H groups in total. The van der Waals surface area contributed by atoms with Crippen molar-refractivity contribution in [1.29, 1.82) is 0 Å². The van der Waals surface area contributed by atoms with Crippen molar-refractivity contribution in [3.63, 3.8) is 0 Å². The van der Waals surface area contributed by atoms with Gasteiger partial charge in [0.15, 0.2) is 31.3 Å². The van der Waals surface area contributed by atoms with E-state index in [1.54, 1.807) is 12.1 Å². The molecule has 147 heavy (non-hydrogen) atoms. The summed E-state index contributed by atoms with van der Waals surface area (Å²) in [5.41, 5.74) is 6.11. The topological polar surface area (TPSA) is 363 Å². The van der Waals surface area contributed by atoms with Crippen LogP contribution in [-0.2, 0) is 101 Å². The van der Waals surface area contributed by atoms with Gasteiger partial charge in [-0.15, -0.1) is 11.8 Å². The lowest BCUT2D eigenvalue weighted by atomic mass is 9.86. The summed E-state index contributed by atoms with van der Waals surface area (Å²) >= 11 is 1.19. The van der Waals surface area contributed by atoms with Crippen molar-refractivity contribution in [1.82, 2.24) is 4.90 Å². The number of ether oxygens (including phenoxy) is 5. The number of likely N-dealkylation sites (tertiary alicyclic amines) is 1. The van der Waals surface area contributed by atoms with Gasteiger partial charge >= 0.3 is 5.97 Å². The highest BCUT2D eigenvalue weighted by Gasteiger charge is 2.50. The van der Waals surface area contributed by atoms with E-state index in [2.05, 4.69) is 34.9 Å². The normalized spacial score (nSPS) is 23.3. The second-order valence-corrected chi connectivity index (χ2v) is 45.5. The number of aromatic nitrogens is 2. The van der Waals surface area contributed by atoms with E-state index in [0.717, 1.165) is 146 Å². The summed E-state index contributed by atoms with van der Waals surface area (Å²) in [7, 11) is -20.4. The smallest absolute Gasteiger partial charge is 0.338 e. The average molecular weight is 2070 g/mol. The molecule has 33 heteroatoms. The zero-order chi connectivity index (χ0) is 100. The van der Waals surface area contributed by atoms with Crippen molar-refractivity contribution in [3.05, 3.63) is 325 Å². The number of aryl methyl sites for hydroxylation is 1. The molecule has 0 saturated carbocycles. The Labute approximate surface area is 847 Å². The average Bonchev–Trinajstić information content (AvgIpc) is 0.969. The molecule has 5 saturated heterocycles. The first-order valence-electron chi connectivity index (χ1n) is 49.3. The van der Waals surface area contributed by atoms with E-state index in [0.29, 0.717) is 47.0 Å². The third kappa shape index (κ3) is 19.1. The predicted molar refractivity (Wildman–Crippen MR) is 552 cm³/mol. The second kappa shape index (κ2) is 40.0. The van der Waals surface area contributed by atoms with Crippen molar-refractivity contribution in [2.75, 3.05) is 78.4 Å². The summed E-state index contributed by atoms with van der Waals surface area (Å²) < 4.78 is 143. The van der Waals surface area contributed by atoms with Crippen LogP contribution in [-0.4, -0.2) is 160 Å². The molecule has 28 nitrogen and oxygen atoms in total. The van der Waals surface area contributed by atoms with Gasteiger partial charge in [-0.2, -0.15) is 0 Å². The number of aliphatic hydroxyl groups excluding tert-OH is 1. The van der Waals surface area contributed by atoms with Crippen LogP contribution < -0.4 is 28.7 Å². The SMILES string of the molecule is C[n+]1ccc(-c2cc[n+](Cc3ccc(C(=O)OCCCCN4C(=O)CC(SCCCOP(=O)([O-])O[C@@H]5C(c6ccc7ccc8cccc9ccc6c7c89)CO[C@@H]5COP(=O)([O-])O[C@@H]5C(c6ccc7ccc8cccc9ccc6c7c89)CO[C@@H]5COP(=O)([O-])O[C@@H]5C(c6ccc7ccc8cccc9ccc6c7c89)CO[C@@H]5COP(=O)([O-])O[C@@H]5C(c6ccc7ccc8cccc9ccc6c7c89)CO[C@@H]5CO)C4=O)cc3)cc2)cc1. The summed E-state index contributed by atoms with van der Waals surface area (Å²) in [6.07, 6.45) is -2.83. The van der Waals surface area contributed by atoms with Gasteiger partial charge in [0.05, 0.1) is 76.9 Å². The summed E-state index contributed by atoms with van der Waals surface area (Å²) in [5.74, 6) is -4.65. The molecular formula is C114H99N3O25P4S-2. The number of phosphoric ester groups is 4. The van der Waals surface area contributed by atoms with E-state index in [9.17, 15) is 38.4 Å². The summed E-state index contributed by atoms with van der Waals surface area (Å²) in [6.45, 7) is -3.58. The van der Waals surface area contributed by atoms with Crippen LogP contribution in [0.3, 0.4) is 0 Å². The zero-order valence-electron chi connectivity index (χ0n) is 79.5. The minimum absolute atomic E-state index is 0.0125. The number of nitrogens with zero attached hydrogens (tertiary/aromatic N) is 3. The third-order valence-corrected chi connectivity index (χ3v) is 35.3. The molecule has 5 aliphatic rings. The first-order valence-corrected chi connectivity index (χ1v) is 56.2. The van der Waals surface area contributed by atoms with Crippen LogP contribution >= 0.6 is 43.1 Å². The van der Waals surface area contributed by atoms with Gasteiger partial charge in [0.25, 0.3) is 31.3 Å². The number of amides is 2. The molecule has 17 atom stereocenters. The number of rotatable bonds is 37. The van der Waals surface area contributed by atoms with Crippen LogP contribution in [0.5, 0.6) is 0 Å². The Morgan fingerprint density at radius 3 is 1.08 bits per heavy atom. The molecule has 2 aromatic heterocycles. The first kappa shape index (κ1) is 97.5. The van der Waals surface area contributed by atoms with Crippen molar-refractivity contribution in [3.8, 4) is 11.1 Å². The second-order valence-electron chi connectivity index (χ2n) is 38.8. The Morgan fingerprint density at radius 2 is 0.714 bits per heavy atom. The zero-order valence-corrected chi connectivity index (χ0v) is 83.9. The molecule has 5 aliphatic heterocycles. The number of phosphoric acid groups is 4. The highest BCUT2D eigenvalue weighted by atomic mass is 32.2. The molecule has 0 spiro atoms. The molecule has 0 radical (unpaired) electrons. The van der Waals surface area contributed by atoms with Gasteiger partial charge < -0.3 is 84.6 Å². The van der Waals surface area contributed by atoms with Crippen LogP contribution in [0.1, 0.15) is 87.5 Å². The van der Waals surface area contributed by atoms with Crippen LogP contribution in [0.4, 0.5) is 0 Å². The number of aliphatic hydroxyl groups is 1. The van der Waals surface area contributed by atoms with E-state index >= 15 is 18.9 Å². The minimum Gasteiger partial charge on any atom is -0.756 e. The van der Waals surface area contributed by atoms with Gasteiger partial charge in [0.2, 0.25) is 11.8 Å². The van der Waals surface area contributed by atoms with Gasteiger partial charge in [-0.3, -0.25) is 32.7 Å². The quantitative estimate of drug-likeness (QED) is 0.00943. The van der Waals surface area contributed by atoms with Crippen molar-refractivity contribution < 1.29 is 126 Å². The standard InChI is InChI=1S/C114H101N3O25P4S/c1-115-50-45-68(46-51-115)69-47-52-116(53-48-69)58-67-17-19-82(20-18-67)114(121)130-54-3-2-49-117-100(119)57-99(113(117)120)147-56-8-55-135-143(122,123)140-110-92(84-38-30-79-26-22-71-10-5-14-75-34-42-88(84)106(79)102(71)75)61-132-96(110)64-137-145(126,127)142-112-94(86-40-32-81-28-24-73-12-7-16-77-36-44-90(86)108(81)104(73)77)63-134-98(112)66-138-146(128,129)141-111-93(85-39-31-80-27-23-72-11-6-15-76-35-43-89(85)107(80)103(72)76)62-133-97(111)65-136-144(124,125)139-109-91(60-131-95(109)59-118)83-37-29-78-25-21-70-9-4-13-74-33-41-87(83)105(78)101(70)74/h4-7,9-48,50-53,91-99,109-112,118H,2-3,8,49,54-66H2,1H3,(H2-2,122,123,124,125,126,127,128,129)/p-2/t91?,92?,93?,94?,95-,96-,97-,98-,99?,109-,110-,111-,112-/m1/s1. The van der Waals surface area contributed by atoms with Crippen LogP contribution in [0, 0.1) is 0 Å². The van der Waals surface area contributed by atoms with Gasteiger partial charge in [0, 0.05) is 66.5 Å². The largest absolute Gasteiger partial charge is 0.756 e. The monoisotopic (exact) mass is 2070 g/mol. The Morgan fingerprint density at radius 1 is 0.388 bits per heavy atom. The van der Waals surface area contributed by atoms with E-state index in [4.69, 9.17) is 59.9 Å². The number of esters is 1. The van der Waals surface area contributed by atoms with E-state index < -0.39 is 148 Å². The van der Waals surface area contributed by atoms with Crippen LogP contribution in [0.2, 0.25) is 0 Å². The van der Waals surface area contributed by atoms with Gasteiger partial charge in [0.1, 0.15) is 55.9 Å². The fourth-order valence-corrected chi connectivity index (χ4v) is 28.0. The molecule has 24 rings (SSSR count). The number of carbonyl (C=O) groups is 3. The number of hydrogen-bond donors (Lipinski definition) is 1. The minimum atomic E-state index is -5.75. The molecule has 9 unspecified atom stereocenters. The number of imide groups is 1. The number of hydrogen-bond acceptors (Lipinski definition) is 26. The molecule has 0 aliphatic carbocycles. The molecule has 17 aromatic carbocycles. The lowest BCUT2D eigenvalue weighted by Gasteiger charge is -2.35. The lowest BCUT2D eigenvalue weighted by Crippen LogP contribution is -2.37. The Bertz CT molecular complexity index is 8420. The van der Waals surface area contributed by atoms with Crippen molar-refractivity contribution >= 4 is 190 Å². The molecule has 19 aromatic rings. The Kier molecular flexibility index (Phi) is 26.6. The fraction of sp³-hybridized carbons (Fsp3) is 0.272. The van der Waals surface area contributed by atoms with Crippen molar-refractivity contribution in [2.45, 2.75) is 110 Å². The Balaban J connectivity index is 0.462. The van der Waals surface area contributed by atoms with Crippen LogP contribution in [0.25, 0.3) is 140 Å². The number of thioether (sulfide) groups is 1. The predicted octanol–water partition coefficient (Wildman–Crippen LogP) is 18.5. The van der Waals surface area contributed by atoms with E-state index in [1.165, 1.54) is 16.7 Å². The molecule has 5 fully saturated rings. The molecule has 748 valence electrons. The highest BCUT2D eigenvalue weighted by Crippen LogP contribution is 2.57. The molecule has 7 heterocycles. The highest BCUT2D eigenvalue weighted by molar-refractivity contribution is 8.00. The molecule has 2 amide bonds. The van der Waals surface area contributed by atoms with Gasteiger partial charge in [-0.1, -0.05) is 231 Å². The number of unbranched alkanes of at least 4 members (excludes halogenated alkanes) is 1. The third-order valence-electron chi connectivity index (χ3n) is 30.1. The Hall–Kier alpha value is -11.6. The van der Waals surface area contributed by atoms with Gasteiger partial charge in [-0.25, -0.2) is 13.9 Å². The molecule has 0 bridgehead atoms. The summed E-state index contributed by atoms with van der Waals surface area (Å²) in [5, 5.41) is 32.1.